The topological polar surface area (TPSA) is 117 Å². The fraction of sp³-hybridized carbons (Fsp3) is 0.566. The summed E-state index contributed by atoms with van der Waals surface area (Å²) in [7, 11) is -4.31. The molecule has 0 aliphatic carbocycles. The highest BCUT2D eigenvalue weighted by molar-refractivity contribution is 7.47. The van der Waals surface area contributed by atoms with Crippen LogP contribution in [0.15, 0.2) is 134 Å². The maximum absolute atomic E-state index is 12.6. The van der Waals surface area contributed by atoms with Crippen LogP contribution in [0.25, 0.3) is 0 Å². The summed E-state index contributed by atoms with van der Waals surface area (Å²) in [5.41, 5.74) is 5.38. The van der Waals surface area contributed by atoms with Gasteiger partial charge in [-0.15, -0.1) is 0 Å². The summed E-state index contributed by atoms with van der Waals surface area (Å²) >= 11 is 0. The first-order chi connectivity index (χ1) is 30.4. The van der Waals surface area contributed by atoms with Crippen LogP contribution in [-0.2, 0) is 27.9 Å². The minimum atomic E-state index is -4.31. The van der Waals surface area contributed by atoms with E-state index in [4.69, 9.17) is 24.3 Å². The zero-order valence-electron chi connectivity index (χ0n) is 38.8. The quantitative estimate of drug-likeness (QED) is 0.0269. The highest BCUT2D eigenvalue weighted by Gasteiger charge is 2.25. The molecule has 3 N–H and O–H groups in total. The van der Waals surface area contributed by atoms with Crippen LogP contribution in [0.2, 0.25) is 0 Å². The third-order valence-electron chi connectivity index (χ3n) is 9.06. The van der Waals surface area contributed by atoms with Gasteiger partial charge in [0.2, 0.25) is 0 Å². The average molecular weight is 880 g/mol. The number of nitrogens with two attached hydrogens (primary N) is 1. The molecular formula is C53H86NO7P. The summed E-state index contributed by atoms with van der Waals surface area (Å²) < 4.78 is 33.5. The van der Waals surface area contributed by atoms with Crippen molar-refractivity contribution in [1.29, 1.82) is 0 Å². The van der Waals surface area contributed by atoms with Crippen molar-refractivity contribution in [1.82, 2.24) is 0 Å². The predicted molar refractivity (Wildman–Crippen MR) is 265 cm³/mol. The minimum absolute atomic E-state index is 0.0788. The molecule has 8 nitrogen and oxygen atoms in total. The molecule has 0 saturated carbocycles. The Bertz CT molecular complexity index is 1400. The highest BCUT2D eigenvalue weighted by atomic mass is 31.2. The SMILES string of the molecule is CC/C=C\C/C=C\C/C=C\C/C=C\C/C=C\C/C=C\CCCCCCCOCC(COP(=O)(O)OCCN)OC(=O)CCCCC/C=C\C/C=C\C/C=C\C/C=C\C/C=C\CC. The predicted octanol–water partition coefficient (Wildman–Crippen LogP) is 14.7. The molecule has 0 aromatic heterocycles. The molecule has 0 saturated heterocycles. The number of carbonyl (C=O) groups is 1. The number of hydrogen-bond acceptors (Lipinski definition) is 7. The second-order valence-corrected chi connectivity index (χ2v) is 16.3. The zero-order chi connectivity index (χ0) is 45.1. The van der Waals surface area contributed by atoms with Gasteiger partial charge in [-0.05, 0) is 109 Å². The van der Waals surface area contributed by atoms with Gasteiger partial charge in [-0.2, -0.15) is 0 Å². The van der Waals surface area contributed by atoms with Gasteiger partial charge >= 0.3 is 13.8 Å². The molecule has 0 aliphatic heterocycles. The van der Waals surface area contributed by atoms with Crippen LogP contribution >= 0.6 is 7.82 Å². The van der Waals surface area contributed by atoms with Gasteiger partial charge in [-0.25, -0.2) is 4.57 Å². The minimum Gasteiger partial charge on any atom is -0.457 e. The van der Waals surface area contributed by atoms with E-state index < -0.39 is 13.9 Å². The van der Waals surface area contributed by atoms with Crippen molar-refractivity contribution < 1.29 is 32.8 Å². The van der Waals surface area contributed by atoms with E-state index in [1.807, 2.05) is 0 Å². The lowest BCUT2D eigenvalue weighted by Crippen LogP contribution is -2.28. The Hall–Kier alpha value is -3.36. The summed E-state index contributed by atoms with van der Waals surface area (Å²) in [6, 6.07) is 0. The highest BCUT2D eigenvalue weighted by Crippen LogP contribution is 2.43. The number of rotatable bonds is 43. The lowest BCUT2D eigenvalue weighted by molar-refractivity contribution is -0.154. The lowest BCUT2D eigenvalue weighted by atomic mass is 10.1. The van der Waals surface area contributed by atoms with E-state index in [9.17, 15) is 14.3 Å². The van der Waals surface area contributed by atoms with Gasteiger partial charge in [0.15, 0.2) is 0 Å². The van der Waals surface area contributed by atoms with Gasteiger partial charge in [0.1, 0.15) is 6.10 Å². The second-order valence-electron chi connectivity index (χ2n) is 14.9. The first kappa shape index (κ1) is 58.6. The Morgan fingerprint density at radius 2 is 0.855 bits per heavy atom. The normalized spacial score (nSPS) is 14.6. The Kier molecular flexibility index (Phi) is 46.0. The van der Waals surface area contributed by atoms with Crippen molar-refractivity contribution in [3.05, 3.63) is 134 Å². The molecule has 0 heterocycles. The molecule has 0 fully saturated rings. The van der Waals surface area contributed by atoms with Gasteiger partial charge in [0, 0.05) is 19.6 Å². The molecule has 0 rings (SSSR count). The molecule has 0 radical (unpaired) electrons. The first-order valence-corrected chi connectivity index (χ1v) is 25.2. The Balaban J connectivity index is 4.15. The molecular weight excluding hydrogens is 794 g/mol. The van der Waals surface area contributed by atoms with Gasteiger partial charge in [-0.3, -0.25) is 13.8 Å². The van der Waals surface area contributed by atoms with Crippen LogP contribution in [-0.4, -0.2) is 49.9 Å². The molecule has 0 spiro atoms. The Morgan fingerprint density at radius 1 is 0.484 bits per heavy atom. The Labute approximate surface area is 378 Å². The maximum Gasteiger partial charge on any atom is 0.472 e. The number of phosphoric acid groups is 1. The summed E-state index contributed by atoms with van der Waals surface area (Å²) in [5, 5.41) is 0. The van der Waals surface area contributed by atoms with Crippen molar-refractivity contribution in [3.8, 4) is 0 Å². The molecule has 0 amide bonds. The van der Waals surface area contributed by atoms with Crippen molar-refractivity contribution in [3.63, 3.8) is 0 Å². The zero-order valence-corrected chi connectivity index (χ0v) is 39.7. The van der Waals surface area contributed by atoms with Crippen LogP contribution in [0.1, 0.15) is 155 Å². The number of ether oxygens (including phenoxy) is 2. The number of allylic oxidation sites excluding steroid dienone is 22. The molecule has 62 heavy (non-hydrogen) atoms. The molecule has 2 unspecified atom stereocenters. The van der Waals surface area contributed by atoms with Gasteiger partial charge in [0.05, 0.1) is 19.8 Å². The van der Waals surface area contributed by atoms with Crippen molar-refractivity contribution in [2.24, 2.45) is 5.73 Å². The van der Waals surface area contributed by atoms with E-state index in [1.165, 1.54) is 0 Å². The fourth-order valence-corrected chi connectivity index (χ4v) is 6.44. The summed E-state index contributed by atoms with van der Waals surface area (Å²) in [6.45, 7) is 4.55. The molecule has 350 valence electrons. The van der Waals surface area contributed by atoms with E-state index in [-0.39, 0.29) is 38.8 Å². The van der Waals surface area contributed by atoms with Crippen LogP contribution < -0.4 is 5.73 Å². The van der Waals surface area contributed by atoms with E-state index in [0.717, 1.165) is 128 Å². The maximum atomic E-state index is 12.6. The number of esters is 1. The summed E-state index contributed by atoms with van der Waals surface area (Å²) in [5.74, 6) is -0.375. The first-order valence-electron chi connectivity index (χ1n) is 23.7. The van der Waals surface area contributed by atoms with Crippen molar-refractivity contribution in [2.45, 2.75) is 161 Å². The van der Waals surface area contributed by atoms with E-state index in [1.54, 1.807) is 0 Å². The van der Waals surface area contributed by atoms with Gasteiger partial charge in [0.25, 0.3) is 0 Å². The smallest absolute Gasteiger partial charge is 0.457 e. The lowest BCUT2D eigenvalue weighted by Gasteiger charge is -2.20. The standard InChI is InChI=1S/C53H86NO7P/c1-3-5-7-9-11-13-15-17-19-21-23-24-25-26-27-29-31-33-35-37-39-41-43-45-48-58-50-52(51-60-62(56,57)59-49-47-54)61-53(55)46-44-42-40-38-36-34-32-30-28-22-20-18-16-14-12-10-8-6-4-2/h5-8,11-14,17-20,23-24,26-28,30-31,33-34,36,52H,3-4,9-10,15-16,21-22,25,29,32,35,37-51,54H2,1-2H3,(H,56,57)/b7-5-,8-6-,13-11-,14-12-,19-17-,20-18-,24-23-,27-26-,30-28-,33-31-,36-34-. The van der Waals surface area contributed by atoms with Crippen LogP contribution in [0.5, 0.6) is 0 Å². The molecule has 0 bridgehead atoms. The largest absolute Gasteiger partial charge is 0.472 e. The van der Waals surface area contributed by atoms with E-state index in [2.05, 4.69) is 148 Å². The molecule has 0 aromatic rings. The van der Waals surface area contributed by atoms with Gasteiger partial charge < -0.3 is 20.1 Å². The Morgan fingerprint density at radius 3 is 1.27 bits per heavy atom. The van der Waals surface area contributed by atoms with Crippen LogP contribution in [0, 0.1) is 0 Å². The van der Waals surface area contributed by atoms with E-state index >= 15 is 0 Å². The average Bonchev–Trinajstić information content (AvgIpc) is 3.26. The van der Waals surface area contributed by atoms with Crippen molar-refractivity contribution >= 4 is 13.8 Å². The number of unbranched alkanes of at least 4 members (excludes halogenated alkanes) is 8. The van der Waals surface area contributed by atoms with Crippen LogP contribution in [0.3, 0.4) is 0 Å². The monoisotopic (exact) mass is 880 g/mol. The number of phosphoric ester groups is 1. The van der Waals surface area contributed by atoms with Crippen molar-refractivity contribution in [2.75, 3.05) is 33.0 Å². The fourth-order valence-electron chi connectivity index (χ4n) is 5.67. The number of hydrogen-bond donors (Lipinski definition) is 2. The van der Waals surface area contributed by atoms with E-state index in [0.29, 0.717) is 13.0 Å². The third-order valence-corrected chi connectivity index (χ3v) is 10.0. The third kappa shape index (κ3) is 47.7. The van der Waals surface area contributed by atoms with Gasteiger partial charge in [-0.1, -0.05) is 173 Å². The van der Waals surface area contributed by atoms with Crippen LogP contribution in [0.4, 0.5) is 0 Å². The molecule has 0 aliphatic rings. The molecule has 0 aromatic carbocycles. The molecule has 2 atom stereocenters. The summed E-state index contributed by atoms with van der Waals surface area (Å²) in [6.07, 6.45) is 69.1. The summed E-state index contributed by atoms with van der Waals surface area (Å²) in [4.78, 5) is 22.5. The number of carbonyl (C=O) groups excluding carboxylic acids is 1. The second kappa shape index (κ2) is 48.7. The molecule has 9 heteroatoms.